The summed E-state index contributed by atoms with van der Waals surface area (Å²) >= 11 is 11.7. The quantitative estimate of drug-likeness (QED) is 0.523. The fraction of sp³-hybridized carbons (Fsp3) is 0.286. The molecule has 0 bridgehead atoms. The normalized spacial score (nSPS) is 14.0. The van der Waals surface area contributed by atoms with E-state index in [1.807, 2.05) is 0 Å². The SMILES string of the molecule is O=C(COC(=O)CNC(=O)c1ccc(Cl)cc1Cl)Nc1cccc(S(=O)(=O)N2CCCC2)c1. The molecule has 2 aromatic carbocycles. The average Bonchev–Trinajstić information content (AvgIpc) is 3.32. The van der Waals surface area contributed by atoms with Crippen LogP contribution in [0.5, 0.6) is 0 Å². The third-order valence-corrected chi connectivity index (χ3v) is 7.20. The van der Waals surface area contributed by atoms with E-state index in [9.17, 15) is 22.8 Å². The van der Waals surface area contributed by atoms with Crippen molar-refractivity contribution in [2.75, 3.05) is 31.6 Å². The molecule has 0 aliphatic carbocycles. The number of nitrogens with one attached hydrogen (secondary N) is 2. The Morgan fingerprint density at radius 3 is 2.45 bits per heavy atom. The second-order valence-corrected chi connectivity index (χ2v) is 9.94. The van der Waals surface area contributed by atoms with Gasteiger partial charge in [-0.25, -0.2) is 8.42 Å². The number of amides is 2. The maximum Gasteiger partial charge on any atom is 0.325 e. The van der Waals surface area contributed by atoms with Crippen LogP contribution in [0, 0.1) is 0 Å². The van der Waals surface area contributed by atoms with Crippen molar-refractivity contribution in [1.82, 2.24) is 9.62 Å². The number of benzene rings is 2. The Kier molecular flexibility index (Phi) is 8.30. The number of hydrogen-bond donors (Lipinski definition) is 2. The molecule has 0 atom stereocenters. The lowest BCUT2D eigenvalue weighted by Gasteiger charge is -2.16. The minimum Gasteiger partial charge on any atom is -0.454 e. The van der Waals surface area contributed by atoms with Crippen molar-refractivity contribution in [1.29, 1.82) is 0 Å². The Morgan fingerprint density at radius 1 is 1.03 bits per heavy atom. The Balaban J connectivity index is 1.48. The highest BCUT2D eigenvalue weighted by Crippen LogP contribution is 2.23. The second-order valence-electron chi connectivity index (χ2n) is 7.15. The van der Waals surface area contributed by atoms with E-state index in [1.54, 1.807) is 0 Å². The van der Waals surface area contributed by atoms with Gasteiger partial charge in [0.15, 0.2) is 6.61 Å². The molecular formula is C21H21Cl2N3O6S. The number of rotatable bonds is 8. The molecule has 2 aromatic rings. The number of esters is 1. The van der Waals surface area contributed by atoms with Crippen molar-refractivity contribution < 1.29 is 27.5 Å². The number of nitrogens with zero attached hydrogens (tertiary/aromatic N) is 1. The van der Waals surface area contributed by atoms with Gasteiger partial charge in [-0.3, -0.25) is 14.4 Å². The third-order valence-electron chi connectivity index (χ3n) is 4.75. The second kappa shape index (κ2) is 11.0. The minimum absolute atomic E-state index is 0.0720. The van der Waals surface area contributed by atoms with Crippen LogP contribution in [0.4, 0.5) is 5.69 Å². The molecule has 0 aromatic heterocycles. The maximum absolute atomic E-state index is 12.6. The molecule has 2 amide bonds. The molecule has 1 aliphatic rings. The largest absolute Gasteiger partial charge is 0.454 e. The topological polar surface area (TPSA) is 122 Å². The minimum atomic E-state index is -3.63. The number of halogens is 2. The van der Waals surface area contributed by atoms with E-state index in [-0.39, 0.29) is 21.2 Å². The zero-order valence-corrected chi connectivity index (χ0v) is 19.7. The fourth-order valence-corrected chi connectivity index (χ4v) is 5.19. The zero-order valence-electron chi connectivity index (χ0n) is 17.3. The molecule has 0 radical (unpaired) electrons. The van der Waals surface area contributed by atoms with Crippen LogP contribution in [-0.4, -0.2) is 56.7 Å². The summed E-state index contributed by atoms with van der Waals surface area (Å²) < 4.78 is 31.5. The van der Waals surface area contributed by atoms with E-state index in [0.717, 1.165) is 12.8 Å². The maximum atomic E-state index is 12.6. The van der Waals surface area contributed by atoms with Crippen molar-refractivity contribution >= 4 is 56.7 Å². The summed E-state index contributed by atoms with van der Waals surface area (Å²) in [5, 5.41) is 5.32. The fourth-order valence-electron chi connectivity index (χ4n) is 3.13. The number of sulfonamides is 1. The molecule has 1 heterocycles. The van der Waals surface area contributed by atoms with E-state index in [2.05, 4.69) is 10.6 Å². The van der Waals surface area contributed by atoms with Crippen molar-refractivity contribution in [3.63, 3.8) is 0 Å². The third kappa shape index (κ3) is 6.67. The first-order valence-corrected chi connectivity index (χ1v) is 12.2. The van der Waals surface area contributed by atoms with E-state index < -0.39 is 41.0 Å². The van der Waals surface area contributed by atoms with Crippen LogP contribution in [-0.2, 0) is 24.3 Å². The number of carbonyl (C=O) groups excluding carboxylic acids is 3. The van der Waals surface area contributed by atoms with Crippen molar-refractivity contribution in [3.8, 4) is 0 Å². The van der Waals surface area contributed by atoms with Gasteiger partial charge in [0.1, 0.15) is 6.54 Å². The monoisotopic (exact) mass is 513 g/mol. The highest BCUT2D eigenvalue weighted by Gasteiger charge is 2.27. The summed E-state index contributed by atoms with van der Waals surface area (Å²) in [6.07, 6.45) is 1.63. The number of ether oxygens (including phenoxy) is 1. The van der Waals surface area contributed by atoms with Crippen molar-refractivity contribution in [2.24, 2.45) is 0 Å². The van der Waals surface area contributed by atoms with Gasteiger partial charge >= 0.3 is 5.97 Å². The molecule has 1 fully saturated rings. The Labute approximate surface area is 201 Å². The molecule has 9 nitrogen and oxygen atoms in total. The molecule has 0 unspecified atom stereocenters. The van der Waals surface area contributed by atoms with Crippen molar-refractivity contribution in [3.05, 3.63) is 58.1 Å². The summed E-state index contributed by atoms with van der Waals surface area (Å²) in [6, 6.07) is 10.1. The van der Waals surface area contributed by atoms with Gasteiger partial charge in [-0.2, -0.15) is 4.31 Å². The first-order chi connectivity index (χ1) is 15.7. The van der Waals surface area contributed by atoms with Gasteiger partial charge in [0, 0.05) is 23.8 Å². The van der Waals surface area contributed by atoms with Crippen LogP contribution in [0.15, 0.2) is 47.4 Å². The van der Waals surface area contributed by atoms with Crippen LogP contribution < -0.4 is 10.6 Å². The van der Waals surface area contributed by atoms with E-state index in [1.165, 1.54) is 46.8 Å². The van der Waals surface area contributed by atoms with E-state index in [0.29, 0.717) is 18.1 Å². The zero-order chi connectivity index (χ0) is 24.0. The first-order valence-electron chi connectivity index (χ1n) is 9.96. The van der Waals surface area contributed by atoms with Crippen LogP contribution in [0.25, 0.3) is 0 Å². The Hall–Kier alpha value is -2.66. The molecule has 0 spiro atoms. The predicted molar refractivity (Wildman–Crippen MR) is 123 cm³/mol. The molecule has 3 rings (SSSR count). The summed E-state index contributed by atoms with van der Waals surface area (Å²) in [4.78, 5) is 36.1. The van der Waals surface area contributed by atoms with E-state index in [4.69, 9.17) is 27.9 Å². The van der Waals surface area contributed by atoms with Gasteiger partial charge in [0.25, 0.3) is 11.8 Å². The molecule has 176 valence electrons. The highest BCUT2D eigenvalue weighted by atomic mass is 35.5. The lowest BCUT2D eigenvalue weighted by molar-refractivity contribution is -0.146. The van der Waals surface area contributed by atoms with Crippen molar-refractivity contribution in [2.45, 2.75) is 17.7 Å². The molecule has 12 heteroatoms. The van der Waals surface area contributed by atoms with Gasteiger partial charge < -0.3 is 15.4 Å². The summed E-state index contributed by atoms with van der Waals surface area (Å²) in [7, 11) is -3.63. The highest BCUT2D eigenvalue weighted by molar-refractivity contribution is 7.89. The summed E-state index contributed by atoms with van der Waals surface area (Å²) in [5.74, 6) is -2.10. The molecule has 1 aliphatic heterocycles. The standard InChI is InChI=1S/C21H21Cl2N3O6S/c22-14-6-7-17(18(23)10-14)21(29)24-12-20(28)32-13-19(27)25-15-4-3-5-16(11-15)33(30,31)26-8-1-2-9-26/h3-7,10-11H,1-2,8-9,12-13H2,(H,24,29)(H,25,27). The van der Waals surface area contributed by atoms with E-state index >= 15 is 0 Å². The van der Waals surface area contributed by atoms with Gasteiger partial charge in [0.2, 0.25) is 10.0 Å². The average molecular weight is 514 g/mol. The van der Waals surface area contributed by atoms with Crippen LogP contribution >= 0.6 is 23.2 Å². The number of anilines is 1. The summed E-state index contributed by atoms with van der Waals surface area (Å²) in [5.41, 5.74) is 0.386. The van der Waals surface area contributed by atoms with Crippen LogP contribution in [0.3, 0.4) is 0 Å². The van der Waals surface area contributed by atoms with Crippen LogP contribution in [0.1, 0.15) is 23.2 Å². The Morgan fingerprint density at radius 2 is 1.76 bits per heavy atom. The Bertz CT molecular complexity index is 1170. The molecule has 33 heavy (non-hydrogen) atoms. The predicted octanol–water partition coefficient (Wildman–Crippen LogP) is 2.69. The van der Waals surface area contributed by atoms with Gasteiger partial charge in [-0.1, -0.05) is 29.3 Å². The molecular weight excluding hydrogens is 493 g/mol. The molecule has 2 N–H and O–H groups in total. The smallest absolute Gasteiger partial charge is 0.325 e. The molecule has 0 saturated carbocycles. The lowest BCUT2D eigenvalue weighted by atomic mass is 10.2. The first kappa shape index (κ1) is 25.0. The van der Waals surface area contributed by atoms with Crippen LogP contribution in [0.2, 0.25) is 10.0 Å². The van der Waals surface area contributed by atoms with Gasteiger partial charge in [-0.15, -0.1) is 0 Å². The molecule has 1 saturated heterocycles. The van der Waals surface area contributed by atoms with Gasteiger partial charge in [-0.05, 0) is 49.2 Å². The summed E-state index contributed by atoms with van der Waals surface area (Å²) in [6.45, 7) is -0.153. The lowest BCUT2D eigenvalue weighted by Crippen LogP contribution is -2.32. The van der Waals surface area contributed by atoms with Gasteiger partial charge in [0.05, 0.1) is 15.5 Å². The number of carbonyl (C=O) groups is 3. The number of hydrogen-bond acceptors (Lipinski definition) is 6.